The highest BCUT2D eigenvalue weighted by atomic mass is 16.3. The lowest BCUT2D eigenvalue weighted by atomic mass is 10.1. The predicted octanol–water partition coefficient (Wildman–Crippen LogP) is 1.13. The summed E-state index contributed by atoms with van der Waals surface area (Å²) in [4.78, 5) is 0. The molecule has 0 amide bonds. The van der Waals surface area contributed by atoms with E-state index in [1.165, 1.54) is 6.08 Å². The molecule has 2 N–H and O–H groups in total. The van der Waals surface area contributed by atoms with Gasteiger partial charge in [-0.15, -0.1) is 0 Å². The van der Waals surface area contributed by atoms with Crippen molar-refractivity contribution in [1.29, 1.82) is 0 Å². The molecule has 1 unspecified atom stereocenters. The summed E-state index contributed by atoms with van der Waals surface area (Å²) in [5.74, 6) is 0.620. The lowest BCUT2D eigenvalue weighted by Crippen LogP contribution is -2.30. The summed E-state index contributed by atoms with van der Waals surface area (Å²) in [6.45, 7) is 8.58. The third-order valence-corrected chi connectivity index (χ3v) is 1.60. The summed E-state index contributed by atoms with van der Waals surface area (Å²) in [7, 11) is 0. The highest BCUT2D eigenvalue weighted by Crippen LogP contribution is 1.97. The summed E-state index contributed by atoms with van der Waals surface area (Å²) in [5.41, 5.74) is 0. The quantitative estimate of drug-likeness (QED) is 0.446. The summed E-state index contributed by atoms with van der Waals surface area (Å²) in [6.07, 6.45) is 2.08. The van der Waals surface area contributed by atoms with E-state index < -0.39 is 6.23 Å². The summed E-state index contributed by atoms with van der Waals surface area (Å²) in [6, 6.07) is 0. The molecule has 0 rings (SSSR count). The number of hydrogen-bond donors (Lipinski definition) is 2. The fourth-order valence-corrected chi connectivity index (χ4v) is 0.550. The van der Waals surface area contributed by atoms with E-state index in [1.54, 1.807) is 0 Å². The number of hydrogen-bond acceptors (Lipinski definition) is 2. The molecule has 0 aromatic rings. The second-order valence-corrected chi connectivity index (χ2v) is 2.60. The second-order valence-electron chi connectivity index (χ2n) is 2.60. The van der Waals surface area contributed by atoms with Gasteiger partial charge in [0.05, 0.1) is 0 Å². The Morgan fingerprint density at radius 1 is 1.70 bits per heavy atom. The van der Waals surface area contributed by atoms with Crippen LogP contribution in [0.5, 0.6) is 0 Å². The first kappa shape index (κ1) is 9.66. The normalized spacial score (nSPS) is 16.3. The van der Waals surface area contributed by atoms with Crippen molar-refractivity contribution in [2.75, 3.05) is 6.54 Å². The third-order valence-electron chi connectivity index (χ3n) is 1.60. The van der Waals surface area contributed by atoms with Crippen molar-refractivity contribution in [1.82, 2.24) is 5.32 Å². The fraction of sp³-hybridized carbons (Fsp3) is 0.750. The van der Waals surface area contributed by atoms with Crippen molar-refractivity contribution in [2.45, 2.75) is 26.5 Å². The lowest BCUT2D eigenvalue weighted by Gasteiger charge is -2.11. The standard InChI is InChI=1S/C8H17NO/c1-4-7(3)6-9-8(10)5-2/h5,7-10H,2,4,6H2,1,3H3/t7-,8?/m0/s1. The molecule has 0 aromatic carbocycles. The van der Waals surface area contributed by atoms with Gasteiger partial charge in [0.25, 0.3) is 0 Å². The average molecular weight is 143 g/mol. The summed E-state index contributed by atoms with van der Waals surface area (Å²) in [5, 5.41) is 11.9. The van der Waals surface area contributed by atoms with Crippen LogP contribution in [0.2, 0.25) is 0 Å². The fourth-order valence-electron chi connectivity index (χ4n) is 0.550. The van der Waals surface area contributed by atoms with Gasteiger partial charge in [-0.2, -0.15) is 0 Å². The topological polar surface area (TPSA) is 32.3 Å². The zero-order chi connectivity index (χ0) is 7.98. The molecule has 60 valence electrons. The number of aliphatic hydroxyl groups excluding tert-OH is 1. The number of nitrogens with one attached hydrogen (secondary N) is 1. The van der Waals surface area contributed by atoms with Crippen LogP contribution in [0.3, 0.4) is 0 Å². The number of aliphatic hydroxyl groups is 1. The van der Waals surface area contributed by atoms with Crippen molar-refractivity contribution in [3.05, 3.63) is 12.7 Å². The van der Waals surface area contributed by atoms with E-state index in [9.17, 15) is 0 Å². The minimum Gasteiger partial charge on any atom is -0.375 e. The molecule has 0 fully saturated rings. The van der Waals surface area contributed by atoms with Gasteiger partial charge in [0.15, 0.2) is 0 Å². The first-order valence-corrected chi connectivity index (χ1v) is 3.74. The van der Waals surface area contributed by atoms with Gasteiger partial charge in [0.1, 0.15) is 6.23 Å². The third kappa shape index (κ3) is 4.53. The largest absolute Gasteiger partial charge is 0.375 e. The van der Waals surface area contributed by atoms with Gasteiger partial charge >= 0.3 is 0 Å². The monoisotopic (exact) mass is 143 g/mol. The molecule has 2 nitrogen and oxygen atoms in total. The zero-order valence-electron chi connectivity index (χ0n) is 6.80. The van der Waals surface area contributed by atoms with Crippen LogP contribution in [0.25, 0.3) is 0 Å². The van der Waals surface area contributed by atoms with E-state index in [1.807, 2.05) is 0 Å². The SMILES string of the molecule is C=CC(O)NC[C@@H](C)CC. The van der Waals surface area contributed by atoms with Gasteiger partial charge in [-0.1, -0.05) is 26.8 Å². The van der Waals surface area contributed by atoms with Gasteiger partial charge in [-0.3, -0.25) is 5.32 Å². The average Bonchev–Trinajstić information content (AvgIpc) is 1.99. The van der Waals surface area contributed by atoms with Crippen LogP contribution in [0.15, 0.2) is 12.7 Å². The van der Waals surface area contributed by atoms with Crippen LogP contribution in [-0.4, -0.2) is 17.9 Å². The van der Waals surface area contributed by atoms with Gasteiger partial charge in [0, 0.05) is 6.54 Å². The van der Waals surface area contributed by atoms with Crippen LogP contribution in [0, 0.1) is 5.92 Å². The summed E-state index contributed by atoms with van der Waals surface area (Å²) < 4.78 is 0. The van der Waals surface area contributed by atoms with Crippen LogP contribution < -0.4 is 5.32 Å². The molecular weight excluding hydrogens is 126 g/mol. The molecule has 0 radical (unpaired) electrons. The smallest absolute Gasteiger partial charge is 0.123 e. The molecule has 0 aliphatic rings. The maximum absolute atomic E-state index is 8.97. The Morgan fingerprint density at radius 3 is 2.70 bits per heavy atom. The molecule has 0 spiro atoms. The predicted molar refractivity (Wildman–Crippen MR) is 43.7 cm³/mol. The first-order valence-electron chi connectivity index (χ1n) is 3.74. The minimum atomic E-state index is -0.547. The molecule has 0 bridgehead atoms. The zero-order valence-corrected chi connectivity index (χ0v) is 6.80. The van der Waals surface area contributed by atoms with E-state index in [-0.39, 0.29) is 0 Å². The molecule has 0 saturated heterocycles. The Labute approximate surface area is 62.9 Å². The molecule has 0 aromatic heterocycles. The van der Waals surface area contributed by atoms with E-state index in [0.717, 1.165) is 13.0 Å². The van der Waals surface area contributed by atoms with Gasteiger partial charge in [0.2, 0.25) is 0 Å². The van der Waals surface area contributed by atoms with Gasteiger partial charge < -0.3 is 5.11 Å². The molecule has 0 aliphatic carbocycles. The molecule has 10 heavy (non-hydrogen) atoms. The van der Waals surface area contributed by atoms with E-state index >= 15 is 0 Å². The minimum absolute atomic E-state index is 0.547. The lowest BCUT2D eigenvalue weighted by molar-refractivity contribution is 0.178. The molecular formula is C8H17NO. The van der Waals surface area contributed by atoms with Crippen LogP contribution in [0.1, 0.15) is 20.3 Å². The highest BCUT2D eigenvalue weighted by molar-refractivity contribution is 4.75. The van der Waals surface area contributed by atoms with E-state index in [2.05, 4.69) is 25.7 Å². The molecule has 2 atom stereocenters. The molecule has 0 aliphatic heterocycles. The van der Waals surface area contributed by atoms with Crippen molar-refractivity contribution in [3.63, 3.8) is 0 Å². The second kappa shape index (κ2) is 5.45. The summed E-state index contributed by atoms with van der Waals surface area (Å²) >= 11 is 0. The van der Waals surface area contributed by atoms with E-state index in [4.69, 9.17) is 5.11 Å². The maximum atomic E-state index is 8.97. The Balaban J connectivity index is 3.25. The molecule has 0 heterocycles. The molecule has 0 saturated carbocycles. The Bertz CT molecular complexity index is 93.3. The van der Waals surface area contributed by atoms with Crippen LogP contribution in [-0.2, 0) is 0 Å². The Morgan fingerprint density at radius 2 is 2.30 bits per heavy atom. The number of rotatable bonds is 5. The van der Waals surface area contributed by atoms with Gasteiger partial charge in [-0.25, -0.2) is 0 Å². The van der Waals surface area contributed by atoms with E-state index in [0.29, 0.717) is 5.92 Å². The van der Waals surface area contributed by atoms with Crippen molar-refractivity contribution < 1.29 is 5.11 Å². The van der Waals surface area contributed by atoms with Crippen molar-refractivity contribution >= 4 is 0 Å². The maximum Gasteiger partial charge on any atom is 0.123 e. The first-order chi connectivity index (χ1) is 4.70. The Kier molecular flexibility index (Phi) is 5.26. The van der Waals surface area contributed by atoms with Crippen molar-refractivity contribution in [2.24, 2.45) is 5.92 Å². The van der Waals surface area contributed by atoms with Crippen LogP contribution >= 0.6 is 0 Å². The Hall–Kier alpha value is -0.340. The molecule has 2 heteroatoms. The van der Waals surface area contributed by atoms with Crippen LogP contribution in [0.4, 0.5) is 0 Å². The van der Waals surface area contributed by atoms with Crippen molar-refractivity contribution in [3.8, 4) is 0 Å². The van der Waals surface area contributed by atoms with Gasteiger partial charge in [-0.05, 0) is 12.0 Å². The highest BCUT2D eigenvalue weighted by Gasteiger charge is 2.00.